The molecule has 7 heteroatoms. The topological polar surface area (TPSA) is 75.4 Å². The molecule has 0 unspecified atom stereocenters. The SMILES string of the molecule is CN(C)S(=O)(=O)n1cnc(C(O)(c2ccccc2)c2ccccc2)c1. The molecule has 0 atom stereocenters. The van der Waals surface area contributed by atoms with Crippen molar-refractivity contribution in [2.75, 3.05) is 14.1 Å². The third-order valence-electron chi connectivity index (χ3n) is 4.04. The maximum atomic E-state index is 12.3. The minimum absolute atomic E-state index is 0.232. The first-order valence-corrected chi connectivity index (χ1v) is 9.07. The smallest absolute Gasteiger partial charge is 0.308 e. The van der Waals surface area contributed by atoms with Gasteiger partial charge in [0, 0.05) is 20.3 Å². The van der Waals surface area contributed by atoms with Crippen molar-refractivity contribution < 1.29 is 13.5 Å². The molecule has 3 rings (SSSR count). The second kappa shape index (κ2) is 6.44. The normalized spacial score (nSPS) is 12.5. The highest BCUT2D eigenvalue weighted by atomic mass is 32.2. The summed E-state index contributed by atoms with van der Waals surface area (Å²) in [4.78, 5) is 4.20. The van der Waals surface area contributed by atoms with Gasteiger partial charge in [-0.3, -0.25) is 0 Å². The van der Waals surface area contributed by atoms with Crippen LogP contribution in [0.1, 0.15) is 16.8 Å². The average Bonchev–Trinajstić information content (AvgIpc) is 3.14. The minimum Gasteiger partial charge on any atom is -0.374 e. The van der Waals surface area contributed by atoms with Crippen molar-refractivity contribution in [2.24, 2.45) is 0 Å². The summed E-state index contributed by atoms with van der Waals surface area (Å²) in [6.07, 6.45) is 2.54. The van der Waals surface area contributed by atoms with Gasteiger partial charge in [-0.05, 0) is 11.1 Å². The molecule has 3 aromatic rings. The largest absolute Gasteiger partial charge is 0.374 e. The highest BCUT2D eigenvalue weighted by molar-refractivity contribution is 7.87. The highest BCUT2D eigenvalue weighted by Gasteiger charge is 2.36. The summed E-state index contributed by atoms with van der Waals surface area (Å²) in [6.45, 7) is 0. The first-order valence-electron chi connectivity index (χ1n) is 7.67. The molecule has 1 aromatic heterocycles. The van der Waals surface area contributed by atoms with Gasteiger partial charge in [-0.15, -0.1) is 0 Å². The van der Waals surface area contributed by atoms with Gasteiger partial charge in [-0.1, -0.05) is 60.7 Å². The van der Waals surface area contributed by atoms with Gasteiger partial charge >= 0.3 is 10.2 Å². The van der Waals surface area contributed by atoms with Crippen LogP contribution >= 0.6 is 0 Å². The molecule has 0 saturated heterocycles. The second-order valence-electron chi connectivity index (χ2n) is 5.82. The van der Waals surface area contributed by atoms with Crippen molar-refractivity contribution in [1.29, 1.82) is 0 Å². The molecule has 130 valence electrons. The van der Waals surface area contributed by atoms with Crippen molar-refractivity contribution in [2.45, 2.75) is 5.60 Å². The number of hydrogen-bond acceptors (Lipinski definition) is 4. The predicted molar refractivity (Wildman–Crippen MR) is 95.2 cm³/mol. The molecule has 0 fully saturated rings. The zero-order valence-electron chi connectivity index (χ0n) is 13.9. The van der Waals surface area contributed by atoms with Gasteiger partial charge in [-0.25, -0.2) is 8.96 Å². The van der Waals surface area contributed by atoms with Crippen LogP contribution in [-0.2, 0) is 15.8 Å². The summed E-state index contributed by atoms with van der Waals surface area (Å²) in [5.41, 5.74) is -0.118. The van der Waals surface area contributed by atoms with Crippen LogP contribution in [0.5, 0.6) is 0 Å². The molecular weight excluding hydrogens is 338 g/mol. The minimum atomic E-state index is -3.70. The number of benzene rings is 2. The fourth-order valence-corrected chi connectivity index (χ4v) is 3.41. The summed E-state index contributed by atoms with van der Waals surface area (Å²) >= 11 is 0. The van der Waals surface area contributed by atoms with Crippen molar-refractivity contribution in [3.8, 4) is 0 Å². The number of nitrogens with zero attached hydrogens (tertiary/aromatic N) is 3. The van der Waals surface area contributed by atoms with E-state index in [1.807, 2.05) is 36.4 Å². The maximum absolute atomic E-state index is 12.3. The third kappa shape index (κ3) is 2.97. The molecule has 0 aliphatic carbocycles. The van der Waals surface area contributed by atoms with Crippen LogP contribution in [0.15, 0.2) is 73.2 Å². The lowest BCUT2D eigenvalue weighted by Gasteiger charge is -2.27. The van der Waals surface area contributed by atoms with Gasteiger partial charge in [0.1, 0.15) is 12.0 Å². The summed E-state index contributed by atoms with van der Waals surface area (Å²) in [7, 11) is -0.824. The van der Waals surface area contributed by atoms with Crippen LogP contribution in [0.3, 0.4) is 0 Å². The molecule has 6 nitrogen and oxygen atoms in total. The Kier molecular flexibility index (Phi) is 4.47. The Hall–Kier alpha value is -2.48. The van der Waals surface area contributed by atoms with E-state index in [4.69, 9.17) is 0 Å². The Morgan fingerprint density at radius 1 is 0.960 bits per heavy atom. The van der Waals surface area contributed by atoms with Gasteiger partial charge in [0.15, 0.2) is 5.60 Å². The quantitative estimate of drug-likeness (QED) is 0.756. The van der Waals surface area contributed by atoms with Gasteiger partial charge in [0.05, 0.1) is 0 Å². The number of rotatable bonds is 5. The monoisotopic (exact) mass is 357 g/mol. The van der Waals surface area contributed by atoms with E-state index in [-0.39, 0.29) is 5.69 Å². The van der Waals surface area contributed by atoms with E-state index in [0.29, 0.717) is 11.1 Å². The lowest BCUT2D eigenvalue weighted by Crippen LogP contribution is -2.30. The summed E-state index contributed by atoms with van der Waals surface area (Å²) in [5.74, 6) is 0. The molecule has 1 N–H and O–H groups in total. The van der Waals surface area contributed by atoms with Gasteiger partial charge in [0.2, 0.25) is 0 Å². The fourth-order valence-electron chi connectivity index (χ4n) is 2.63. The Morgan fingerprint density at radius 3 is 1.88 bits per heavy atom. The molecule has 0 radical (unpaired) electrons. The number of aromatic nitrogens is 2. The number of hydrogen-bond donors (Lipinski definition) is 1. The second-order valence-corrected chi connectivity index (χ2v) is 7.87. The predicted octanol–water partition coefficient (Wildman–Crippen LogP) is 1.82. The Balaban J connectivity index is 2.20. The van der Waals surface area contributed by atoms with E-state index in [0.717, 1.165) is 8.28 Å². The van der Waals surface area contributed by atoms with Crippen molar-refractivity contribution >= 4 is 10.2 Å². The van der Waals surface area contributed by atoms with Crippen LogP contribution in [0.2, 0.25) is 0 Å². The standard InChI is InChI=1S/C18H19N3O3S/c1-20(2)25(23,24)21-13-17(19-14-21)18(22,15-9-5-3-6-10-15)16-11-7-4-8-12-16/h3-14,22H,1-2H3. The van der Waals surface area contributed by atoms with Crippen molar-refractivity contribution in [3.05, 3.63) is 90.0 Å². The van der Waals surface area contributed by atoms with E-state index < -0.39 is 15.8 Å². The first kappa shape index (κ1) is 17.3. The Bertz CT molecular complexity index is 912. The fraction of sp³-hybridized carbons (Fsp3) is 0.167. The third-order valence-corrected chi connectivity index (χ3v) is 5.70. The molecule has 25 heavy (non-hydrogen) atoms. The number of imidazole rings is 1. The van der Waals surface area contributed by atoms with Crippen LogP contribution in [0.4, 0.5) is 0 Å². The summed E-state index contributed by atoms with van der Waals surface area (Å²) in [6, 6.07) is 18.1. The van der Waals surface area contributed by atoms with Crippen molar-refractivity contribution in [3.63, 3.8) is 0 Å². The molecule has 1 heterocycles. The van der Waals surface area contributed by atoms with E-state index in [1.165, 1.54) is 26.6 Å². The molecule has 0 aliphatic heterocycles. The molecule has 2 aromatic carbocycles. The molecule has 0 aliphatic rings. The van der Waals surface area contributed by atoms with E-state index in [9.17, 15) is 13.5 Å². The lowest BCUT2D eigenvalue weighted by atomic mass is 9.84. The molecule has 0 spiro atoms. The first-order chi connectivity index (χ1) is 11.9. The average molecular weight is 357 g/mol. The molecule has 0 amide bonds. The van der Waals surface area contributed by atoms with Gasteiger partial charge in [-0.2, -0.15) is 12.7 Å². The Morgan fingerprint density at radius 2 is 1.44 bits per heavy atom. The van der Waals surface area contributed by atoms with Crippen molar-refractivity contribution in [1.82, 2.24) is 13.3 Å². The van der Waals surface area contributed by atoms with Gasteiger partial charge in [0.25, 0.3) is 0 Å². The maximum Gasteiger partial charge on any atom is 0.308 e. The van der Waals surface area contributed by atoms with E-state index in [2.05, 4.69) is 4.98 Å². The van der Waals surface area contributed by atoms with Crippen LogP contribution in [-0.4, -0.2) is 40.9 Å². The Labute approximate surface area is 147 Å². The summed E-state index contributed by atoms with van der Waals surface area (Å²) < 4.78 is 26.7. The van der Waals surface area contributed by atoms with E-state index in [1.54, 1.807) is 24.3 Å². The molecule has 0 saturated carbocycles. The van der Waals surface area contributed by atoms with Crippen LogP contribution < -0.4 is 0 Å². The number of aliphatic hydroxyl groups is 1. The molecular formula is C18H19N3O3S. The van der Waals surface area contributed by atoms with Crippen LogP contribution in [0, 0.1) is 0 Å². The zero-order chi connectivity index (χ0) is 18.1. The van der Waals surface area contributed by atoms with E-state index >= 15 is 0 Å². The van der Waals surface area contributed by atoms with Gasteiger partial charge < -0.3 is 5.11 Å². The zero-order valence-corrected chi connectivity index (χ0v) is 14.8. The molecule has 0 bridgehead atoms. The van der Waals surface area contributed by atoms with Crippen LogP contribution in [0.25, 0.3) is 0 Å². The lowest BCUT2D eigenvalue weighted by molar-refractivity contribution is 0.121. The summed E-state index contributed by atoms with van der Waals surface area (Å²) in [5, 5.41) is 11.6. The highest BCUT2D eigenvalue weighted by Crippen LogP contribution is 2.35.